The van der Waals surface area contributed by atoms with Crippen LogP contribution in [0.1, 0.15) is 11.1 Å². The van der Waals surface area contributed by atoms with Gasteiger partial charge < -0.3 is 10.4 Å². The maximum atomic E-state index is 9.19. The topological polar surface area (TPSA) is 32.3 Å². The van der Waals surface area contributed by atoms with Crippen molar-refractivity contribution >= 4 is 5.69 Å². The fourth-order valence-corrected chi connectivity index (χ4v) is 1.82. The van der Waals surface area contributed by atoms with Crippen LogP contribution in [-0.4, -0.2) is 11.7 Å². The fraction of sp³-hybridized carbons (Fsp3) is 0.200. The molecule has 2 rings (SSSR count). The molecule has 0 spiro atoms. The van der Waals surface area contributed by atoms with Crippen LogP contribution in [0.2, 0.25) is 0 Å². The van der Waals surface area contributed by atoms with Gasteiger partial charge >= 0.3 is 0 Å². The summed E-state index contributed by atoms with van der Waals surface area (Å²) in [6.45, 7) is 0.954. The van der Waals surface area contributed by atoms with Crippen molar-refractivity contribution in [1.29, 1.82) is 0 Å². The van der Waals surface area contributed by atoms with Crippen LogP contribution in [0.5, 0.6) is 0 Å². The number of hydrogen-bond acceptors (Lipinski definition) is 2. The second-order valence-corrected chi connectivity index (χ2v) is 3.98. The molecule has 17 heavy (non-hydrogen) atoms. The summed E-state index contributed by atoms with van der Waals surface area (Å²) in [5.41, 5.74) is 3.29. The highest BCUT2D eigenvalue weighted by molar-refractivity contribution is 5.50. The van der Waals surface area contributed by atoms with Crippen LogP contribution in [0.4, 0.5) is 5.69 Å². The van der Waals surface area contributed by atoms with Gasteiger partial charge in [0.1, 0.15) is 0 Å². The summed E-state index contributed by atoms with van der Waals surface area (Å²) in [7, 11) is 0. The minimum absolute atomic E-state index is 0.0779. The first-order chi connectivity index (χ1) is 8.40. The van der Waals surface area contributed by atoms with Gasteiger partial charge in [0.05, 0.1) is 6.61 Å². The average Bonchev–Trinajstić information content (AvgIpc) is 2.40. The first-order valence-electron chi connectivity index (χ1n) is 5.86. The molecule has 0 atom stereocenters. The number of para-hydroxylation sites is 1. The molecule has 0 bridgehead atoms. The zero-order valence-corrected chi connectivity index (χ0v) is 9.76. The maximum Gasteiger partial charge on any atom is 0.0701 e. The predicted molar refractivity (Wildman–Crippen MR) is 71.0 cm³/mol. The van der Waals surface area contributed by atoms with Gasteiger partial charge in [0.15, 0.2) is 0 Å². The Bertz CT molecular complexity index is 453. The number of rotatable bonds is 5. The molecule has 0 aliphatic rings. The summed E-state index contributed by atoms with van der Waals surface area (Å²) in [5, 5.41) is 12.5. The van der Waals surface area contributed by atoms with Gasteiger partial charge in [0.2, 0.25) is 0 Å². The molecule has 0 fully saturated rings. The van der Waals surface area contributed by atoms with E-state index in [4.69, 9.17) is 0 Å². The van der Waals surface area contributed by atoms with Crippen molar-refractivity contribution in [1.82, 2.24) is 0 Å². The van der Waals surface area contributed by atoms with E-state index in [-0.39, 0.29) is 6.61 Å². The number of aliphatic hydroxyl groups excluding tert-OH is 1. The van der Waals surface area contributed by atoms with Gasteiger partial charge in [-0.25, -0.2) is 0 Å². The first-order valence-corrected chi connectivity index (χ1v) is 5.86. The smallest absolute Gasteiger partial charge is 0.0701 e. The molecule has 2 heteroatoms. The third kappa shape index (κ3) is 3.33. The van der Waals surface area contributed by atoms with E-state index in [0.29, 0.717) is 0 Å². The second-order valence-electron chi connectivity index (χ2n) is 3.98. The van der Waals surface area contributed by atoms with Gasteiger partial charge in [-0.15, -0.1) is 0 Å². The lowest BCUT2D eigenvalue weighted by Gasteiger charge is -2.10. The van der Waals surface area contributed by atoms with Crippen LogP contribution >= 0.6 is 0 Å². The molecule has 0 heterocycles. The lowest BCUT2D eigenvalue weighted by Crippen LogP contribution is -2.06. The number of anilines is 1. The Morgan fingerprint density at radius 2 is 1.59 bits per heavy atom. The van der Waals surface area contributed by atoms with Crippen molar-refractivity contribution in [3.8, 4) is 0 Å². The van der Waals surface area contributed by atoms with Crippen molar-refractivity contribution in [3.63, 3.8) is 0 Å². The predicted octanol–water partition coefficient (Wildman–Crippen LogP) is 2.83. The van der Waals surface area contributed by atoms with Gasteiger partial charge in [-0.1, -0.05) is 48.5 Å². The monoisotopic (exact) mass is 227 g/mol. The Labute approximate surface area is 102 Å². The van der Waals surface area contributed by atoms with Crippen molar-refractivity contribution in [3.05, 3.63) is 65.7 Å². The van der Waals surface area contributed by atoms with Crippen LogP contribution < -0.4 is 5.32 Å². The lowest BCUT2D eigenvalue weighted by atomic mass is 10.1. The van der Waals surface area contributed by atoms with E-state index in [1.54, 1.807) is 0 Å². The largest absolute Gasteiger partial charge is 0.392 e. The lowest BCUT2D eigenvalue weighted by molar-refractivity contribution is 0.282. The van der Waals surface area contributed by atoms with Crippen LogP contribution in [0.3, 0.4) is 0 Å². The normalized spacial score (nSPS) is 10.2. The summed E-state index contributed by atoms with van der Waals surface area (Å²) in [5.74, 6) is 0. The van der Waals surface area contributed by atoms with Crippen LogP contribution in [0, 0.1) is 0 Å². The Kier molecular flexibility index (Phi) is 4.17. The first kappa shape index (κ1) is 11.7. The molecule has 0 amide bonds. The van der Waals surface area contributed by atoms with Gasteiger partial charge in [-0.05, 0) is 18.1 Å². The average molecular weight is 227 g/mol. The van der Waals surface area contributed by atoms with Crippen molar-refractivity contribution in [2.24, 2.45) is 0 Å². The number of nitrogens with one attached hydrogen (secondary N) is 1. The summed E-state index contributed by atoms with van der Waals surface area (Å²) in [6, 6.07) is 18.2. The molecule has 0 radical (unpaired) electrons. The summed E-state index contributed by atoms with van der Waals surface area (Å²) in [4.78, 5) is 0. The second kappa shape index (κ2) is 6.06. The van der Waals surface area contributed by atoms with Gasteiger partial charge in [0, 0.05) is 17.8 Å². The fourth-order valence-electron chi connectivity index (χ4n) is 1.82. The highest BCUT2D eigenvalue weighted by atomic mass is 16.3. The molecule has 2 N–H and O–H groups in total. The van der Waals surface area contributed by atoms with Crippen molar-refractivity contribution < 1.29 is 5.11 Å². The van der Waals surface area contributed by atoms with Crippen molar-refractivity contribution in [2.75, 3.05) is 11.9 Å². The molecule has 2 nitrogen and oxygen atoms in total. The molecule has 0 unspecified atom stereocenters. The summed E-state index contributed by atoms with van der Waals surface area (Å²) < 4.78 is 0. The molecule has 88 valence electrons. The molecule has 2 aromatic rings. The maximum absolute atomic E-state index is 9.19. The molecular weight excluding hydrogens is 210 g/mol. The molecule has 0 aliphatic heterocycles. The number of aliphatic hydroxyl groups is 1. The Morgan fingerprint density at radius 1 is 0.882 bits per heavy atom. The molecule has 2 aromatic carbocycles. The Morgan fingerprint density at radius 3 is 2.35 bits per heavy atom. The van der Waals surface area contributed by atoms with Crippen LogP contribution in [-0.2, 0) is 13.0 Å². The van der Waals surface area contributed by atoms with Gasteiger partial charge in [-0.3, -0.25) is 0 Å². The molecule has 0 saturated heterocycles. The van der Waals surface area contributed by atoms with E-state index < -0.39 is 0 Å². The molecule has 0 saturated carbocycles. The van der Waals surface area contributed by atoms with Crippen LogP contribution in [0.25, 0.3) is 0 Å². The number of benzene rings is 2. The zero-order chi connectivity index (χ0) is 11.9. The minimum Gasteiger partial charge on any atom is -0.392 e. The molecule has 0 aromatic heterocycles. The standard InChI is InChI=1S/C15H17NO/c17-12-14-8-4-5-9-15(14)16-11-10-13-6-2-1-3-7-13/h1-9,16-17H,10-12H2. The van der Waals surface area contributed by atoms with Gasteiger partial charge in [0.25, 0.3) is 0 Å². The quantitative estimate of drug-likeness (QED) is 0.823. The van der Waals surface area contributed by atoms with E-state index in [1.165, 1.54) is 5.56 Å². The highest BCUT2D eigenvalue weighted by Crippen LogP contribution is 2.14. The zero-order valence-electron chi connectivity index (χ0n) is 9.76. The minimum atomic E-state index is 0.0779. The Balaban J connectivity index is 1.90. The Hall–Kier alpha value is -1.80. The van der Waals surface area contributed by atoms with E-state index in [9.17, 15) is 5.11 Å². The third-order valence-electron chi connectivity index (χ3n) is 2.76. The third-order valence-corrected chi connectivity index (χ3v) is 2.76. The summed E-state index contributed by atoms with van der Waals surface area (Å²) >= 11 is 0. The number of hydrogen-bond donors (Lipinski definition) is 2. The highest BCUT2D eigenvalue weighted by Gasteiger charge is 1.99. The van der Waals surface area contributed by atoms with Crippen LogP contribution in [0.15, 0.2) is 54.6 Å². The molecule has 0 aliphatic carbocycles. The SMILES string of the molecule is OCc1ccccc1NCCc1ccccc1. The van der Waals surface area contributed by atoms with Gasteiger partial charge in [-0.2, -0.15) is 0 Å². The van der Waals surface area contributed by atoms with E-state index in [1.807, 2.05) is 30.3 Å². The molecular formula is C15H17NO. The summed E-state index contributed by atoms with van der Waals surface area (Å²) in [6.07, 6.45) is 0.987. The van der Waals surface area contributed by atoms with E-state index in [2.05, 4.69) is 29.6 Å². The van der Waals surface area contributed by atoms with Crippen molar-refractivity contribution in [2.45, 2.75) is 13.0 Å². The van der Waals surface area contributed by atoms with E-state index in [0.717, 1.165) is 24.2 Å². The van der Waals surface area contributed by atoms with E-state index >= 15 is 0 Å².